The zero-order chi connectivity index (χ0) is 12.3. The van der Waals surface area contributed by atoms with Crippen LogP contribution in [0.1, 0.15) is 24.3 Å². The minimum absolute atomic E-state index is 0.256. The highest BCUT2D eigenvalue weighted by atomic mass is 16.5. The minimum atomic E-state index is -0.256. The number of hydrogen-bond donors (Lipinski definition) is 0. The molecule has 17 heavy (non-hydrogen) atoms. The number of benzene rings is 1. The Balaban J connectivity index is 1.94. The van der Waals surface area contributed by atoms with Crippen LogP contribution in [0.3, 0.4) is 0 Å². The van der Waals surface area contributed by atoms with E-state index in [1.807, 2.05) is 12.1 Å². The highest BCUT2D eigenvalue weighted by molar-refractivity contribution is 5.83. The number of ether oxygens (including phenoxy) is 2. The molecular formula is C14H16O3. The average molecular weight is 232 g/mol. The maximum Gasteiger partial charge on any atom is 0.330 e. The van der Waals surface area contributed by atoms with E-state index in [0.29, 0.717) is 5.92 Å². The lowest BCUT2D eigenvalue weighted by atomic mass is 9.75. The van der Waals surface area contributed by atoms with Crippen LogP contribution in [-0.2, 0) is 9.53 Å². The van der Waals surface area contributed by atoms with Crippen molar-refractivity contribution in [2.45, 2.75) is 18.8 Å². The normalized spacial score (nSPS) is 18.2. The Bertz CT molecular complexity index is 423. The maximum absolute atomic E-state index is 11.0. The second-order valence-electron chi connectivity index (χ2n) is 4.20. The van der Waals surface area contributed by atoms with E-state index >= 15 is 0 Å². The summed E-state index contributed by atoms with van der Waals surface area (Å²) < 4.78 is 9.71. The van der Waals surface area contributed by atoms with Gasteiger partial charge in [-0.2, -0.15) is 0 Å². The van der Waals surface area contributed by atoms with Gasteiger partial charge in [-0.25, -0.2) is 4.79 Å². The molecule has 0 atom stereocenters. The van der Waals surface area contributed by atoms with E-state index in [-0.39, 0.29) is 5.97 Å². The zero-order valence-corrected chi connectivity index (χ0v) is 10.1. The van der Waals surface area contributed by atoms with Crippen LogP contribution in [0, 0.1) is 0 Å². The van der Waals surface area contributed by atoms with Gasteiger partial charge in [-0.3, -0.25) is 0 Å². The molecule has 0 aromatic heterocycles. The fourth-order valence-corrected chi connectivity index (χ4v) is 2.03. The first kappa shape index (κ1) is 11.7. The molecule has 1 aliphatic rings. The number of carbonyl (C=O) groups excluding carboxylic acids is 1. The molecule has 0 saturated heterocycles. The summed E-state index contributed by atoms with van der Waals surface area (Å²) in [6.45, 7) is 0. The van der Waals surface area contributed by atoms with E-state index in [2.05, 4.69) is 16.9 Å². The van der Waals surface area contributed by atoms with Crippen LogP contribution in [0.5, 0.6) is 5.75 Å². The van der Waals surface area contributed by atoms with Gasteiger partial charge in [-0.1, -0.05) is 17.7 Å². The Labute approximate surface area is 101 Å². The van der Waals surface area contributed by atoms with Gasteiger partial charge < -0.3 is 9.47 Å². The minimum Gasteiger partial charge on any atom is -0.497 e. The molecule has 3 nitrogen and oxygen atoms in total. The number of esters is 1. The summed E-state index contributed by atoms with van der Waals surface area (Å²) >= 11 is 0. The van der Waals surface area contributed by atoms with E-state index in [4.69, 9.17) is 4.74 Å². The average Bonchev–Trinajstić information content (AvgIpc) is 2.33. The molecule has 0 radical (unpaired) electrons. The van der Waals surface area contributed by atoms with Gasteiger partial charge in [0.2, 0.25) is 0 Å². The molecule has 0 amide bonds. The second kappa shape index (κ2) is 5.04. The van der Waals surface area contributed by atoms with Crippen molar-refractivity contribution in [1.29, 1.82) is 0 Å². The van der Waals surface area contributed by atoms with Gasteiger partial charge in [-0.15, -0.1) is 0 Å². The lowest BCUT2D eigenvalue weighted by molar-refractivity contribution is -0.134. The van der Waals surface area contributed by atoms with Crippen LogP contribution in [0.2, 0.25) is 0 Å². The van der Waals surface area contributed by atoms with Gasteiger partial charge in [0.25, 0.3) is 0 Å². The maximum atomic E-state index is 11.0. The van der Waals surface area contributed by atoms with E-state index < -0.39 is 0 Å². The van der Waals surface area contributed by atoms with Gasteiger partial charge >= 0.3 is 5.97 Å². The Hall–Kier alpha value is -1.77. The highest BCUT2D eigenvalue weighted by Crippen LogP contribution is 2.41. The van der Waals surface area contributed by atoms with Crippen molar-refractivity contribution < 1.29 is 14.3 Å². The molecule has 90 valence electrons. The molecule has 1 aromatic rings. The van der Waals surface area contributed by atoms with Crippen LogP contribution in [0.4, 0.5) is 0 Å². The standard InChI is InChI=1S/C14H16O3/c1-16-13-5-3-11(4-6-13)12-7-10(8-12)9-14(15)17-2/h3-6,9,12H,7-8H2,1-2H3. The van der Waals surface area contributed by atoms with E-state index in [1.54, 1.807) is 13.2 Å². The Kier molecular flexibility index (Phi) is 3.47. The summed E-state index contributed by atoms with van der Waals surface area (Å²) in [5.41, 5.74) is 2.46. The van der Waals surface area contributed by atoms with E-state index in [1.165, 1.54) is 12.7 Å². The fourth-order valence-electron chi connectivity index (χ4n) is 2.03. The van der Waals surface area contributed by atoms with Gasteiger partial charge in [-0.05, 0) is 36.5 Å². The number of hydrogen-bond acceptors (Lipinski definition) is 3. The van der Waals surface area contributed by atoms with Gasteiger partial charge in [0, 0.05) is 6.08 Å². The lowest BCUT2D eigenvalue weighted by Crippen LogP contribution is -2.14. The smallest absolute Gasteiger partial charge is 0.330 e. The monoisotopic (exact) mass is 232 g/mol. The van der Waals surface area contributed by atoms with Crippen molar-refractivity contribution in [2.24, 2.45) is 0 Å². The third kappa shape index (κ3) is 2.67. The van der Waals surface area contributed by atoms with Gasteiger partial charge in [0.05, 0.1) is 14.2 Å². The van der Waals surface area contributed by atoms with E-state index in [9.17, 15) is 4.79 Å². The fraction of sp³-hybridized carbons (Fsp3) is 0.357. The lowest BCUT2D eigenvalue weighted by Gasteiger charge is -2.29. The third-order valence-corrected chi connectivity index (χ3v) is 3.13. The first-order valence-corrected chi connectivity index (χ1v) is 5.64. The summed E-state index contributed by atoms with van der Waals surface area (Å²) in [5, 5.41) is 0. The largest absolute Gasteiger partial charge is 0.497 e. The summed E-state index contributed by atoms with van der Waals surface area (Å²) in [4.78, 5) is 11.0. The van der Waals surface area contributed by atoms with Crippen molar-refractivity contribution in [2.75, 3.05) is 14.2 Å². The summed E-state index contributed by atoms with van der Waals surface area (Å²) in [6, 6.07) is 8.10. The quantitative estimate of drug-likeness (QED) is 0.593. The molecule has 1 saturated carbocycles. The van der Waals surface area contributed by atoms with Crippen LogP contribution < -0.4 is 4.74 Å². The van der Waals surface area contributed by atoms with Crippen molar-refractivity contribution in [3.05, 3.63) is 41.5 Å². The molecule has 0 unspecified atom stereocenters. The molecule has 0 aliphatic heterocycles. The molecule has 0 N–H and O–H groups in total. The molecule has 0 spiro atoms. The third-order valence-electron chi connectivity index (χ3n) is 3.13. The molecule has 1 aliphatic carbocycles. The van der Waals surface area contributed by atoms with Crippen molar-refractivity contribution >= 4 is 5.97 Å². The van der Waals surface area contributed by atoms with Crippen LogP contribution >= 0.6 is 0 Å². The molecule has 2 rings (SSSR count). The van der Waals surface area contributed by atoms with Gasteiger partial charge in [0.1, 0.15) is 5.75 Å². The SMILES string of the molecule is COC(=O)C=C1CC(c2ccc(OC)cc2)C1. The first-order valence-electron chi connectivity index (χ1n) is 5.64. The Morgan fingerprint density at radius 1 is 1.24 bits per heavy atom. The summed E-state index contributed by atoms with van der Waals surface area (Å²) in [6.07, 6.45) is 3.49. The molecule has 0 heterocycles. The molecule has 3 heteroatoms. The second-order valence-corrected chi connectivity index (χ2v) is 4.20. The highest BCUT2D eigenvalue weighted by Gasteiger charge is 2.25. The van der Waals surface area contributed by atoms with E-state index in [0.717, 1.165) is 24.2 Å². The number of allylic oxidation sites excluding steroid dienone is 1. The van der Waals surface area contributed by atoms with Crippen LogP contribution in [0.15, 0.2) is 35.9 Å². The van der Waals surface area contributed by atoms with Gasteiger partial charge in [0.15, 0.2) is 0 Å². The molecule has 0 bridgehead atoms. The number of methoxy groups -OCH3 is 2. The molecule has 1 aromatic carbocycles. The summed E-state index contributed by atoms with van der Waals surface area (Å²) in [7, 11) is 3.06. The van der Waals surface area contributed by atoms with Crippen molar-refractivity contribution in [3.63, 3.8) is 0 Å². The topological polar surface area (TPSA) is 35.5 Å². The number of carbonyl (C=O) groups is 1. The van der Waals surface area contributed by atoms with Crippen LogP contribution in [0.25, 0.3) is 0 Å². The molecule has 1 fully saturated rings. The first-order chi connectivity index (χ1) is 8.22. The van der Waals surface area contributed by atoms with Crippen LogP contribution in [-0.4, -0.2) is 20.2 Å². The summed E-state index contributed by atoms with van der Waals surface area (Å²) in [5.74, 6) is 1.14. The zero-order valence-electron chi connectivity index (χ0n) is 10.1. The predicted octanol–water partition coefficient (Wildman–Crippen LogP) is 2.67. The number of rotatable bonds is 3. The van der Waals surface area contributed by atoms with Crippen molar-refractivity contribution in [3.8, 4) is 5.75 Å². The Morgan fingerprint density at radius 2 is 1.88 bits per heavy atom. The van der Waals surface area contributed by atoms with Crippen molar-refractivity contribution in [1.82, 2.24) is 0 Å². The Morgan fingerprint density at radius 3 is 2.41 bits per heavy atom. The molecular weight excluding hydrogens is 216 g/mol. The predicted molar refractivity (Wildman–Crippen MR) is 65.1 cm³/mol.